The maximum Gasteiger partial charge on any atom is 0.298 e. The number of aryl methyl sites for hydroxylation is 1. The first-order valence-corrected chi connectivity index (χ1v) is 10.8. The molecule has 0 bridgehead atoms. The molecule has 2 aromatic carbocycles. The van der Waals surface area contributed by atoms with E-state index in [0.717, 1.165) is 22.4 Å². The zero-order valence-corrected chi connectivity index (χ0v) is 18.6. The van der Waals surface area contributed by atoms with E-state index in [9.17, 15) is 4.79 Å². The van der Waals surface area contributed by atoms with Crippen LogP contribution < -0.4 is 14.8 Å². The molecule has 32 heavy (non-hydrogen) atoms. The number of nitrogens with one attached hydrogen (secondary N) is 1. The minimum Gasteiger partial charge on any atom is -0.497 e. The summed E-state index contributed by atoms with van der Waals surface area (Å²) >= 11 is 1.18. The maximum atomic E-state index is 12.6. The van der Waals surface area contributed by atoms with Crippen molar-refractivity contribution in [3.63, 3.8) is 0 Å². The van der Waals surface area contributed by atoms with E-state index in [0.29, 0.717) is 35.3 Å². The van der Waals surface area contributed by atoms with Gasteiger partial charge in [0.2, 0.25) is 0 Å². The molecule has 8 heteroatoms. The second kappa shape index (κ2) is 10.0. The minimum atomic E-state index is -0.185. The van der Waals surface area contributed by atoms with Gasteiger partial charge in [0.1, 0.15) is 11.5 Å². The number of methoxy groups -OCH3 is 1. The van der Waals surface area contributed by atoms with Crippen molar-refractivity contribution in [2.24, 2.45) is 0 Å². The third-order valence-electron chi connectivity index (χ3n) is 4.77. The van der Waals surface area contributed by atoms with Gasteiger partial charge in [-0.15, -0.1) is 0 Å². The molecule has 0 saturated heterocycles. The lowest BCUT2D eigenvalue weighted by atomic mass is 10.1. The molecule has 0 aliphatic heterocycles. The van der Waals surface area contributed by atoms with E-state index in [2.05, 4.69) is 19.7 Å². The number of ether oxygens (including phenoxy) is 2. The topological polar surface area (TPSA) is 86.2 Å². The number of hydrogen-bond donors (Lipinski definition) is 1. The van der Waals surface area contributed by atoms with Gasteiger partial charge in [0.15, 0.2) is 5.82 Å². The Morgan fingerprint density at radius 3 is 2.78 bits per heavy atom. The zero-order chi connectivity index (χ0) is 22.3. The van der Waals surface area contributed by atoms with Crippen molar-refractivity contribution in [2.75, 3.05) is 7.11 Å². The fourth-order valence-electron chi connectivity index (χ4n) is 3.05. The van der Waals surface area contributed by atoms with Gasteiger partial charge in [0, 0.05) is 42.5 Å². The third-order valence-corrected chi connectivity index (χ3v) is 5.40. The molecule has 0 fully saturated rings. The fourth-order valence-corrected chi connectivity index (χ4v) is 3.61. The molecule has 0 atom stereocenters. The molecular formula is C24H22N4O3S. The molecular weight excluding hydrogens is 424 g/mol. The van der Waals surface area contributed by atoms with Crippen molar-refractivity contribution in [1.82, 2.24) is 19.7 Å². The van der Waals surface area contributed by atoms with Crippen molar-refractivity contribution in [3.05, 3.63) is 95.1 Å². The van der Waals surface area contributed by atoms with Gasteiger partial charge < -0.3 is 14.8 Å². The molecule has 0 spiro atoms. The molecule has 0 radical (unpaired) electrons. The fraction of sp³-hybridized carbons (Fsp3) is 0.167. The van der Waals surface area contributed by atoms with Crippen LogP contribution in [0, 0.1) is 6.92 Å². The van der Waals surface area contributed by atoms with Gasteiger partial charge in [-0.05, 0) is 53.9 Å². The number of amides is 1. The molecule has 0 unspecified atom stereocenters. The highest BCUT2D eigenvalue weighted by Crippen LogP contribution is 2.28. The quantitative estimate of drug-likeness (QED) is 0.427. The molecule has 162 valence electrons. The molecule has 0 saturated carbocycles. The molecule has 4 aromatic rings. The average Bonchev–Trinajstić information content (AvgIpc) is 3.26. The molecule has 4 rings (SSSR count). The predicted molar refractivity (Wildman–Crippen MR) is 122 cm³/mol. The van der Waals surface area contributed by atoms with Crippen LogP contribution in [0.2, 0.25) is 0 Å². The molecule has 2 heterocycles. The predicted octanol–water partition coefficient (Wildman–Crippen LogP) is 4.56. The number of rotatable bonds is 8. The Balaban J connectivity index is 1.42. The first-order valence-electron chi connectivity index (χ1n) is 10.0. The molecule has 7 nitrogen and oxygen atoms in total. The van der Waals surface area contributed by atoms with Crippen LogP contribution in [-0.2, 0) is 13.0 Å². The largest absolute Gasteiger partial charge is 0.497 e. The first-order chi connectivity index (χ1) is 15.6. The normalized spacial score (nSPS) is 10.6. The van der Waals surface area contributed by atoms with Crippen LogP contribution in [0.5, 0.6) is 16.7 Å². The summed E-state index contributed by atoms with van der Waals surface area (Å²) in [4.78, 5) is 21.1. The zero-order valence-electron chi connectivity index (χ0n) is 17.7. The van der Waals surface area contributed by atoms with Gasteiger partial charge in [-0.2, -0.15) is 9.36 Å². The Bertz CT molecular complexity index is 1210. The Hall–Kier alpha value is -3.78. The van der Waals surface area contributed by atoms with E-state index in [4.69, 9.17) is 9.47 Å². The number of aromatic nitrogens is 3. The highest BCUT2D eigenvalue weighted by atomic mass is 32.1. The third kappa shape index (κ3) is 5.47. The van der Waals surface area contributed by atoms with Gasteiger partial charge >= 0.3 is 0 Å². The molecule has 1 amide bonds. The lowest BCUT2D eigenvalue weighted by Gasteiger charge is -2.09. The standard InChI is InChI=1S/C24H22N4O3S/c1-16-8-9-19(23(29)26-15-18-6-4-10-25-14-18)13-21(16)31-24-27-22(28-32-24)12-17-5-3-7-20(11-17)30-2/h3-11,13-14H,12,15H2,1-2H3,(H,26,29). The summed E-state index contributed by atoms with van der Waals surface area (Å²) < 4.78 is 15.6. The Kier molecular flexibility index (Phi) is 6.72. The summed E-state index contributed by atoms with van der Waals surface area (Å²) in [5, 5.41) is 3.33. The summed E-state index contributed by atoms with van der Waals surface area (Å²) in [5.74, 6) is 1.85. The van der Waals surface area contributed by atoms with Crippen molar-refractivity contribution >= 4 is 17.4 Å². The summed E-state index contributed by atoms with van der Waals surface area (Å²) in [6.45, 7) is 2.33. The van der Waals surface area contributed by atoms with Gasteiger partial charge in [-0.1, -0.05) is 24.3 Å². The van der Waals surface area contributed by atoms with E-state index >= 15 is 0 Å². The van der Waals surface area contributed by atoms with E-state index in [1.165, 1.54) is 11.5 Å². The summed E-state index contributed by atoms with van der Waals surface area (Å²) in [7, 11) is 1.64. The first kappa shape index (κ1) is 21.5. The average molecular weight is 447 g/mol. The summed E-state index contributed by atoms with van der Waals surface area (Å²) in [6.07, 6.45) is 4.00. The number of benzene rings is 2. The number of nitrogens with zero attached hydrogens (tertiary/aromatic N) is 3. The van der Waals surface area contributed by atoms with Gasteiger partial charge in [-0.3, -0.25) is 9.78 Å². The SMILES string of the molecule is COc1cccc(Cc2nsc(Oc3cc(C(=O)NCc4cccnc4)ccc3C)n2)c1. The van der Waals surface area contributed by atoms with Crippen LogP contribution in [0.3, 0.4) is 0 Å². The molecule has 0 aliphatic rings. The van der Waals surface area contributed by atoms with Crippen molar-refractivity contribution in [2.45, 2.75) is 19.9 Å². The number of carbonyl (C=O) groups excluding carboxylic acids is 1. The van der Waals surface area contributed by atoms with Gasteiger partial charge in [0.05, 0.1) is 7.11 Å². The lowest BCUT2D eigenvalue weighted by Crippen LogP contribution is -2.22. The highest BCUT2D eigenvalue weighted by molar-refractivity contribution is 7.07. The number of pyridine rings is 1. The van der Waals surface area contributed by atoms with Crippen LogP contribution in [0.15, 0.2) is 67.0 Å². The molecule has 2 aromatic heterocycles. The smallest absolute Gasteiger partial charge is 0.298 e. The minimum absolute atomic E-state index is 0.185. The Labute approximate surface area is 190 Å². The number of carbonyl (C=O) groups is 1. The van der Waals surface area contributed by atoms with Crippen LogP contribution in [0.1, 0.15) is 32.9 Å². The van der Waals surface area contributed by atoms with Crippen LogP contribution >= 0.6 is 11.5 Å². The Morgan fingerprint density at radius 1 is 1.09 bits per heavy atom. The molecule has 0 aliphatic carbocycles. The van der Waals surface area contributed by atoms with Crippen LogP contribution in [0.4, 0.5) is 0 Å². The second-order valence-corrected chi connectivity index (χ2v) is 7.85. The van der Waals surface area contributed by atoms with E-state index in [-0.39, 0.29) is 5.91 Å². The number of hydrogen-bond acceptors (Lipinski definition) is 7. The summed E-state index contributed by atoms with van der Waals surface area (Å²) in [5.41, 5.74) is 3.40. The summed E-state index contributed by atoms with van der Waals surface area (Å²) in [6, 6.07) is 16.9. The Morgan fingerprint density at radius 2 is 1.97 bits per heavy atom. The maximum absolute atomic E-state index is 12.6. The highest BCUT2D eigenvalue weighted by Gasteiger charge is 2.13. The van der Waals surface area contributed by atoms with Crippen molar-refractivity contribution in [1.29, 1.82) is 0 Å². The van der Waals surface area contributed by atoms with E-state index in [1.807, 2.05) is 49.4 Å². The molecule has 1 N–H and O–H groups in total. The van der Waals surface area contributed by atoms with Crippen LogP contribution in [-0.4, -0.2) is 27.4 Å². The van der Waals surface area contributed by atoms with E-state index < -0.39 is 0 Å². The monoisotopic (exact) mass is 446 g/mol. The van der Waals surface area contributed by atoms with Gasteiger partial charge in [0.25, 0.3) is 11.1 Å². The van der Waals surface area contributed by atoms with E-state index in [1.54, 1.807) is 31.6 Å². The van der Waals surface area contributed by atoms with Crippen molar-refractivity contribution in [3.8, 4) is 16.7 Å². The lowest BCUT2D eigenvalue weighted by molar-refractivity contribution is 0.0950. The van der Waals surface area contributed by atoms with Crippen molar-refractivity contribution < 1.29 is 14.3 Å². The van der Waals surface area contributed by atoms with Crippen LogP contribution in [0.25, 0.3) is 0 Å². The second-order valence-electron chi connectivity index (χ2n) is 7.13. The van der Waals surface area contributed by atoms with Gasteiger partial charge in [-0.25, -0.2) is 0 Å².